The molecule has 2 N–H and O–H groups in total. The first-order valence-corrected chi connectivity index (χ1v) is 6.14. The van der Waals surface area contributed by atoms with Crippen molar-refractivity contribution in [3.63, 3.8) is 0 Å². The Morgan fingerprint density at radius 2 is 2.22 bits per heavy atom. The lowest BCUT2D eigenvalue weighted by Crippen LogP contribution is -2.24. The van der Waals surface area contributed by atoms with Gasteiger partial charge < -0.3 is 10.4 Å². The number of carboxylic acid groups (broad SMARTS) is 1. The lowest BCUT2D eigenvalue weighted by Gasteiger charge is -2.05. The highest BCUT2D eigenvalue weighted by Gasteiger charge is 2.20. The highest BCUT2D eigenvalue weighted by atomic mass is 16.4. The van der Waals surface area contributed by atoms with Crippen molar-refractivity contribution in [3.8, 4) is 0 Å². The lowest BCUT2D eigenvalue weighted by atomic mass is 10.2. The maximum Gasteiger partial charge on any atom is 0.354 e. The fourth-order valence-electron chi connectivity index (χ4n) is 1.79. The molecule has 0 saturated heterocycles. The second kappa shape index (κ2) is 5.62. The van der Waals surface area contributed by atoms with Crippen molar-refractivity contribution in [2.75, 3.05) is 6.54 Å². The number of nitrogens with one attached hydrogen (secondary N) is 1. The third-order valence-electron chi connectivity index (χ3n) is 3.01. The number of pyridine rings is 1. The Labute approximate surface area is 105 Å². The number of aromatic nitrogens is 1. The molecule has 0 radical (unpaired) electrons. The molecule has 1 aliphatic carbocycles. The van der Waals surface area contributed by atoms with Gasteiger partial charge in [0, 0.05) is 18.3 Å². The van der Waals surface area contributed by atoms with Crippen LogP contribution in [0.1, 0.15) is 46.5 Å². The Kier molecular flexibility index (Phi) is 3.92. The maximum absolute atomic E-state index is 11.7. The van der Waals surface area contributed by atoms with Gasteiger partial charge in [-0.25, -0.2) is 9.78 Å². The van der Waals surface area contributed by atoms with E-state index in [2.05, 4.69) is 10.3 Å². The summed E-state index contributed by atoms with van der Waals surface area (Å²) in [5.74, 6) is -0.504. The average Bonchev–Trinajstić information content (AvgIpc) is 3.18. The van der Waals surface area contributed by atoms with Crippen molar-refractivity contribution in [2.45, 2.75) is 25.7 Å². The molecule has 0 spiro atoms. The summed E-state index contributed by atoms with van der Waals surface area (Å²) in [5, 5.41) is 11.6. The van der Waals surface area contributed by atoms with Gasteiger partial charge in [0.05, 0.1) is 0 Å². The van der Waals surface area contributed by atoms with E-state index in [1.807, 2.05) is 0 Å². The summed E-state index contributed by atoms with van der Waals surface area (Å²) in [4.78, 5) is 26.1. The molecule has 1 aliphatic rings. The molecule has 18 heavy (non-hydrogen) atoms. The van der Waals surface area contributed by atoms with E-state index in [1.165, 1.54) is 31.2 Å². The zero-order valence-corrected chi connectivity index (χ0v) is 10.1. The van der Waals surface area contributed by atoms with Gasteiger partial charge in [0.15, 0.2) is 0 Å². The molecule has 0 bridgehead atoms. The lowest BCUT2D eigenvalue weighted by molar-refractivity contribution is 0.0690. The predicted octanol–water partition coefficient (Wildman–Crippen LogP) is 1.70. The Hall–Kier alpha value is -1.91. The summed E-state index contributed by atoms with van der Waals surface area (Å²) in [6.45, 7) is 0.639. The molecular formula is C13H16N2O3. The van der Waals surface area contributed by atoms with Gasteiger partial charge in [-0.2, -0.15) is 0 Å². The van der Waals surface area contributed by atoms with Crippen LogP contribution in [0.5, 0.6) is 0 Å². The summed E-state index contributed by atoms with van der Waals surface area (Å²) in [6.07, 6.45) is 6.12. The van der Waals surface area contributed by atoms with Crippen LogP contribution in [-0.4, -0.2) is 28.5 Å². The molecule has 0 aromatic carbocycles. The topological polar surface area (TPSA) is 79.3 Å². The second-order valence-corrected chi connectivity index (χ2v) is 4.58. The smallest absolute Gasteiger partial charge is 0.354 e. The summed E-state index contributed by atoms with van der Waals surface area (Å²) in [7, 11) is 0. The quantitative estimate of drug-likeness (QED) is 0.751. The van der Waals surface area contributed by atoms with Gasteiger partial charge in [-0.3, -0.25) is 4.79 Å². The normalized spacial score (nSPS) is 14.2. The highest BCUT2D eigenvalue weighted by Crippen LogP contribution is 2.33. The zero-order chi connectivity index (χ0) is 13.0. The molecule has 5 nitrogen and oxygen atoms in total. The molecule has 1 aromatic rings. The van der Waals surface area contributed by atoms with Crippen LogP contribution in [0, 0.1) is 5.92 Å². The van der Waals surface area contributed by atoms with E-state index in [0.29, 0.717) is 12.1 Å². The summed E-state index contributed by atoms with van der Waals surface area (Å²) in [5.41, 5.74) is 0.231. The van der Waals surface area contributed by atoms with E-state index in [0.717, 1.165) is 18.8 Å². The number of rotatable bonds is 6. The number of hydrogen-bond acceptors (Lipinski definition) is 3. The van der Waals surface area contributed by atoms with Crippen LogP contribution in [0.4, 0.5) is 0 Å². The number of nitrogens with zero attached hydrogens (tertiary/aromatic N) is 1. The molecule has 5 heteroatoms. The van der Waals surface area contributed by atoms with Crippen LogP contribution in [0.2, 0.25) is 0 Å². The van der Waals surface area contributed by atoms with Crippen molar-refractivity contribution in [3.05, 3.63) is 29.6 Å². The van der Waals surface area contributed by atoms with Crippen LogP contribution in [0.3, 0.4) is 0 Å². The van der Waals surface area contributed by atoms with E-state index < -0.39 is 5.97 Å². The first-order chi connectivity index (χ1) is 8.66. The van der Waals surface area contributed by atoms with Crippen molar-refractivity contribution in [1.29, 1.82) is 0 Å². The number of aromatic carboxylic acids is 1. The fourth-order valence-corrected chi connectivity index (χ4v) is 1.79. The van der Waals surface area contributed by atoms with Crippen LogP contribution in [0.15, 0.2) is 18.3 Å². The van der Waals surface area contributed by atoms with Crippen molar-refractivity contribution < 1.29 is 14.7 Å². The van der Waals surface area contributed by atoms with Crippen LogP contribution >= 0.6 is 0 Å². The van der Waals surface area contributed by atoms with Gasteiger partial charge in [0.2, 0.25) is 0 Å². The fraction of sp³-hybridized carbons (Fsp3) is 0.462. The molecule has 1 heterocycles. The maximum atomic E-state index is 11.7. The summed E-state index contributed by atoms with van der Waals surface area (Å²) >= 11 is 0. The Bertz CT molecular complexity index is 455. The summed E-state index contributed by atoms with van der Waals surface area (Å²) < 4.78 is 0. The third kappa shape index (κ3) is 3.55. The zero-order valence-electron chi connectivity index (χ0n) is 10.1. The minimum atomic E-state index is -1.13. The van der Waals surface area contributed by atoms with Gasteiger partial charge in [-0.05, 0) is 30.9 Å². The van der Waals surface area contributed by atoms with E-state index in [4.69, 9.17) is 5.11 Å². The SMILES string of the molecule is O=C(NCCCC1CC1)c1ccnc(C(=O)O)c1. The molecule has 1 aromatic heterocycles. The number of hydrogen-bond donors (Lipinski definition) is 2. The van der Waals surface area contributed by atoms with E-state index in [-0.39, 0.29) is 11.6 Å². The molecular weight excluding hydrogens is 232 g/mol. The molecule has 0 unspecified atom stereocenters. The van der Waals surface area contributed by atoms with Gasteiger partial charge in [-0.1, -0.05) is 12.8 Å². The van der Waals surface area contributed by atoms with Gasteiger partial charge in [-0.15, -0.1) is 0 Å². The minimum Gasteiger partial charge on any atom is -0.477 e. The van der Waals surface area contributed by atoms with Gasteiger partial charge >= 0.3 is 5.97 Å². The number of carbonyl (C=O) groups is 2. The van der Waals surface area contributed by atoms with E-state index in [1.54, 1.807) is 0 Å². The molecule has 1 fully saturated rings. The standard InChI is InChI=1S/C13H16N2O3/c16-12(15-6-1-2-9-3-4-9)10-5-7-14-11(8-10)13(17)18/h5,7-9H,1-4,6H2,(H,15,16)(H,17,18). The third-order valence-corrected chi connectivity index (χ3v) is 3.01. The Balaban J connectivity index is 1.83. The molecule has 96 valence electrons. The first kappa shape index (κ1) is 12.5. The minimum absolute atomic E-state index is 0.111. The van der Waals surface area contributed by atoms with Crippen molar-refractivity contribution in [1.82, 2.24) is 10.3 Å². The Morgan fingerprint density at radius 1 is 1.44 bits per heavy atom. The second-order valence-electron chi connectivity index (χ2n) is 4.58. The molecule has 1 saturated carbocycles. The number of carboxylic acids is 1. The van der Waals surface area contributed by atoms with Crippen molar-refractivity contribution in [2.24, 2.45) is 5.92 Å². The number of amides is 1. The average molecular weight is 248 g/mol. The predicted molar refractivity (Wildman–Crippen MR) is 65.5 cm³/mol. The van der Waals surface area contributed by atoms with E-state index in [9.17, 15) is 9.59 Å². The molecule has 2 rings (SSSR count). The molecule has 0 atom stereocenters. The van der Waals surface area contributed by atoms with Gasteiger partial charge in [0.1, 0.15) is 5.69 Å². The first-order valence-electron chi connectivity index (χ1n) is 6.14. The Morgan fingerprint density at radius 3 is 2.89 bits per heavy atom. The van der Waals surface area contributed by atoms with Crippen LogP contribution < -0.4 is 5.32 Å². The monoisotopic (exact) mass is 248 g/mol. The molecule has 0 aliphatic heterocycles. The van der Waals surface area contributed by atoms with Crippen molar-refractivity contribution >= 4 is 11.9 Å². The number of carbonyl (C=O) groups excluding carboxylic acids is 1. The summed E-state index contributed by atoms with van der Waals surface area (Å²) in [6, 6.07) is 2.81. The van der Waals surface area contributed by atoms with Crippen LogP contribution in [-0.2, 0) is 0 Å². The molecule has 1 amide bonds. The highest BCUT2D eigenvalue weighted by molar-refractivity contribution is 5.96. The van der Waals surface area contributed by atoms with E-state index >= 15 is 0 Å². The van der Waals surface area contributed by atoms with Gasteiger partial charge in [0.25, 0.3) is 5.91 Å². The van der Waals surface area contributed by atoms with Crippen LogP contribution in [0.25, 0.3) is 0 Å². The largest absolute Gasteiger partial charge is 0.477 e.